The summed E-state index contributed by atoms with van der Waals surface area (Å²) in [5, 5.41) is 3.24. The van der Waals surface area contributed by atoms with Gasteiger partial charge in [-0.15, -0.1) is 0 Å². The van der Waals surface area contributed by atoms with Gasteiger partial charge >= 0.3 is 0 Å². The van der Waals surface area contributed by atoms with Gasteiger partial charge in [-0.05, 0) is 62.9 Å². The van der Waals surface area contributed by atoms with Crippen LogP contribution >= 0.6 is 0 Å². The van der Waals surface area contributed by atoms with Crippen LogP contribution in [0.25, 0.3) is 0 Å². The average molecular weight is 434 g/mol. The van der Waals surface area contributed by atoms with Crippen LogP contribution in [0, 0.1) is 12.7 Å². The van der Waals surface area contributed by atoms with Crippen molar-refractivity contribution in [2.24, 2.45) is 0 Å². The largest absolute Gasteiger partial charge is 0.342 e. The number of carbonyl (C=O) groups excluding carboxylic acids is 1. The van der Waals surface area contributed by atoms with Crippen molar-refractivity contribution < 1.29 is 9.18 Å². The van der Waals surface area contributed by atoms with Crippen molar-refractivity contribution in [3.05, 3.63) is 77.6 Å². The highest BCUT2D eigenvalue weighted by atomic mass is 19.1. The van der Waals surface area contributed by atoms with E-state index in [0.717, 1.165) is 29.9 Å². The Hall–Kier alpha value is -3.35. The molecule has 1 fully saturated rings. The predicted molar refractivity (Wildman–Crippen MR) is 122 cm³/mol. The second-order valence-corrected chi connectivity index (χ2v) is 8.82. The standard InChI is InChI=1S/C25H28FN5O/c1-17-6-5-11-28-23(17)30-22-16-27-15-21(29-22)18-9-12-31(13-10-18)24(32)25(2,3)19-7-4-8-20(26)14-19/h4-8,11,14-16,18H,9-10,12-13H2,1-3H3,(H,28,29,30). The molecule has 3 heterocycles. The lowest BCUT2D eigenvalue weighted by Crippen LogP contribution is -2.46. The van der Waals surface area contributed by atoms with Crippen LogP contribution in [0.1, 0.15) is 49.4 Å². The maximum atomic E-state index is 13.7. The minimum atomic E-state index is -0.779. The van der Waals surface area contributed by atoms with Crippen molar-refractivity contribution in [2.75, 3.05) is 18.4 Å². The Morgan fingerprint density at radius 1 is 1.16 bits per heavy atom. The number of amides is 1. The van der Waals surface area contributed by atoms with E-state index in [-0.39, 0.29) is 17.6 Å². The Morgan fingerprint density at radius 2 is 1.94 bits per heavy atom. The van der Waals surface area contributed by atoms with Crippen LogP contribution in [0.15, 0.2) is 55.0 Å². The van der Waals surface area contributed by atoms with E-state index in [2.05, 4.69) is 15.3 Å². The first-order valence-electron chi connectivity index (χ1n) is 10.9. The smallest absolute Gasteiger partial charge is 0.232 e. The van der Waals surface area contributed by atoms with Gasteiger partial charge in [0.2, 0.25) is 5.91 Å². The van der Waals surface area contributed by atoms with E-state index in [1.165, 1.54) is 12.1 Å². The van der Waals surface area contributed by atoms with Crippen LogP contribution in [0.2, 0.25) is 0 Å². The van der Waals surface area contributed by atoms with Crippen molar-refractivity contribution in [1.82, 2.24) is 19.9 Å². The molecule has 1 aliphatic heterocycles. The molecule has 0 radical (unpaired) electrons. The fourth-order valence-corrected chi connectivity index (χ4v) is 4.15. The monoisotopic (exact) mass is 433 g/mol. The van der Waals surface area contributed by atoms with Gasteiger partial charge in [-0.1, -0.05) is 18.2 Å². The second kappa shape index (κ2) is 9.02. The normalized spacial score (nSPS) is 14.9. The molecule has 1 amide bonds. The molecule has 7 heteroatoms. The third kappa shape index (κ3) is 4.61. The Labute approximate surface area is 187 Å². The summed E-state index contributed by atoms with van der Waals surface area (Å²) >= 11 is 0. The minimum absolute atomic E-state index is 0.0219. The first kappa shape index (κ1) is 21.9. The number of aryl methyl sites for hydroxylation is 1. The quantitative estimate of drug-likeness (QED) is 0.629. The molecule has 0 aliphatic carbocycles. The number of nitrogens with zero attached hydrogens (tertiary/aromatic N) is 4. The molecule has 1 aromatic carbocycles. The average Bonchev–Trinajstić information content (AvgIpc) is 2.80. The maximum Gasteiger partial charge on any atom is 0.232 e. The van der Waals surface area contributed by atoms with Crippen LogP contribution in [-0.4, -0.2) is 38.8 Å². The van der Waals surface area contributed by atoms with Gasteiger partial charge in [-0.2, -0.15) is 0 Å². The number of halogens is 1. The first-order chi connectivity index (χ1) is 15.3. The highest BCUT2D eigenvalue weighted by molar-refractivity contribution is 5.87. The molecule has 0 unspecified atom stereocenters. The SMILES string of the molecule is Cc1cccnc1Nc1cncc(C2CCN(C(=O)C(C)(C)c3cccc(F)c3)CC2)n1. The molecule has 2 aromatic heterocycles. The van der Waals surface area contributed by atoms with Gasteiger partial charge in [0.15, 0.2) is 0 Å². The van der Waals surface area contributed by atoms with Crippen LogP contribution in [0.4, 0.5) is 16.0 Å². The number of likely N-dealkylation sites (tertiary alicyclic amines) is 1. The van der Waals surface area contributed by atoms with Gasteiger partial charge in [0.25, 0.3) is 0 Å². The van der Waals surface area contributed by atoms with E-state index in [1.54, 1.807) is 24.7 Å². The molecule has 1 N–H and O–H groups in total. The lowest BCUT2D eigenvalue weighted by molar-refractivity contribution is -0.137. The summed E-state index contributed by atoms with van der Waals surface area (Å²) in [4.78, 5) is 28.6. The number of hydrogen-bond donors (Lipinski definition) is 1. The number of nitrogens with one attached hydrogen (secondary N) is 1. The fraction of sp³-hybridized carbons (Fsp3) is 0.360. The Balaban J connectivity index is 1.41. The number of pyridine rings is 1. The number of anilines is 2. The van der Waals surface area contributed by atoms with Crippen molar-refractivity contribution in [2.45, 2.75) is 44.9 Å². The van der Waals surface area contributed by atoms with E-state index in [9.17, 15) is 9.18 Å². The Morgan fingerprint density at radius 3 is 2.66 bits per heavy atom. The molecular weight excluding hydrogens is 405 g/mol. The Bertz CT molecular complexity index is 1110. The summed E-state index contributed by atoms with van der Waals surface area (Å²) in [6.45, 7) is 6.99. The molecular formula is C25H28FN5O. The zero-order valence-electron chi connectivity index (χ0n) is 18.7. The van der Waals surface area contributed by atoms with Gasteiger partial charge in [0.1, 0.15) is 17.5 Å². The summed E-state index contributed by atoms with van der Waals surface area (Å²) in [6, 6.07) is 10.2. The zero-order valence-corrected chi connectivity index (χ0v) is 18.7. The molecule has 32 heavy (non-hydrogen) atoms. The first-order valence-corrected chi connectivity index (χ1v) is 10.9. The summed E-state index contributed by atoms with van der Waals surface area (Å²) in [5.74, 6) is 1.35. The lowest BCUT2D eigenvalue weighted by atomic mass is 9.82. The molecule has 6 nitrogen and oxygen atoms in total. The number of carbonyl (C=O) groups is 1. The fourth-order valence-electron chi connectivity index (χ4n) is 4.15. The molecule has 166 valence electrons. The van der Waals surface area contributed by atoms with Crippen LogP contribution in [-0.2, 0) is 10.2 Å². The minimum Gasteiger partial charge on any atom is -0.342 e. The van der Waals surface area contributed by atoms with Crippen molar-refractivity contribution >= 4 is 17.5 Å². The number of hydrogen-bond acceptors (Lipinski definition) is 5. The lowest BCUT2D eigenvalue weighted by Gasteiger charge is -2.37. The van der Waals surface area contributed by atoms with Crippen LogP contribution < -0.4 is 5.32 Å². The third-order valence-electron chi connectivity index (χ3n) is 6.19. The molecule has 3 aromatic rings. The van der Waals surface area contributed by atoms with E-state index < -0.39 is 5.41 Å². The highest BCUT2D eigenvalue weighted by Gasteiger charge is 2.36. The van der Waals surface area contributed by atoms with Gasteiger partial charge < -0.3 is 10.2 Å². The highest BCUT2D eigenvalue weighted by Crippen LogP contribution is 2.32. The zero-order chi connectivity index (χ0) is 22.7. The van der Waals surface area contributed by atoms with Crippen molar-refractivity contribution in [3.63, 3.8) is 0 Å². The van der Waals surface area contributed by atoms with Crippen LogP contribution in [0.3, 0.4) is 0 Å². The predicted octanol–water partition coefficient (Wildman–Crippen LogP) is 4.75. The summed E-state index contributed by atoms with van der Waals surface area (Å²) in [6.07, 6.45) is 6.86. The van der Waals surface area contributed by atoms with E-state index in [0.29, 0.717) is 24.5 Å². The van der Waals surface area contributed by atoms with Crippen molar-refractivity contribution in [3.8, 4) is 0 Å². The van der Waals surface area contributed by atoms with Gasteiger partial charge in [-0.3, -0.25) is 9.78 Å². The topological polar surface area (TPSA) is 71.0 Å². The molecule has 4 rings (SSSR count). The Kier molecular flexibility index (Phi) is 6.17. The molecule has 0 spiro atoms. The van der Waals surface area contributed by atoms with E-state index >= 15 is 0 Å². The summed E-state index contributed by atoms with van der Waals surface area (Å²) in [7, 11) is 0. The third-order valence-corrected chi connectivity index (χ3v) is 6.19. The molecule has 0 saturated carbocycles. The van der Waals surface area contributed by atoms with E-state index in [1.807, 2.05) is 43.9 Å². The second-order valence-electron chi connectivity index (χ2n) is 8.82. The van der Waals surface area contributed by atoms with E-state index in [4.69, 9.17) is 4.98 Å². The molecule has 1 saturated heterocycles. The number of benzene rings is 1. The molecule has 1 aliphatic rings. The van der Waals surface area contributed by atoms with Crippen molar-refractivity contribution in [1.29, 1.82) is 0 Å². The van der Waals surface area contributed by atoms with Gasteiger partial charge in [-0.25, -0.2) is 14.4 Å². The van der Waals surface area contributed by atoms with Gasteiger partial charge in [0.05, 0.1) is 17.3 Å². The van der Waals surface area contributed by atoms with Gasteiger partial charge in [0, 0.05) is 31.4 Å². The number of piperidine rings is 1. The maximum absolute atomic E-state index is 13.7. The number of rotatable bonds is 5. The summed E-state index contributed by atoms with van der Waals surface area (Å²) in [5.41, 5.74) is 1.87. The van der Waals surface area contributed by atoms with Crippen LogP contribution in [0.5, 0.6) is 0 Å². The summed E-state index contributed by atoms with van der Waals surface area (Å²) < 4.78 is 13.7. The number of aromatic nitrogens is 3. The molecule has 0 atom stereocenters. The molecule has 0 bridgehead atoms.